The third-order valence-electron chi connectivity index (χ3n) is 10.6. The normalized spacial score (nSPS) is 16.1. The molecule has 2 aliphatic rings. The molecule has 8 nitrogen and oxygen atoms in total. The number of hydrogen-bond donors (Lipinski definition) is 4. The molecule has 2 aromatic heterocycles. The van der Waals surface area contributed by atoms with Gasteiger partial charge in [-0.1, -0.05) is 72.8 Å². The highest BCUT2D eigenvalue weighted by atomic mass is 16.5. The van der Waals surface area contributed by atoms with E-state index in [4.69, 9.17) is 0 Å². The lowest BCUT2D eigenvalue weighted by Gasteiger charge is -2.14. The van der Waals surface area contributed by atoms with Gasteiger partial charge < -0.3 is 30.1 Å². The number of fused-ring (bicyclic) bond motifs is 4. The minimum absolute atomic E-state index is 0.327. The Balaban J connectivity index is 0.000000167. The first-order chi connectivity index (χ1) is 26.5. The van der Waals surface area contributed by atoms with E-state index in [0.717, 1.165) is 62.7 Å². The lowest BCUT2D eigenvalue weighted by atomic mass is 10.0. The molecule has 276 valence electrons. The fraction of sp³-hybridized carbons (Fsp3) is 0.261. The molecule has 8 rings (SSSR count). The predicted octanol–water partition coefficient (Wildman–Crippen LogP) is 8.35. The van der Waals surface area contributed by atoms with Gasteiger partial charge in [0.1, 0.15) is 0 Å². The Morgan fingerprint density at radius 1 is 0.648 bits per heavy atom. The number of aromatic nitrogens is 2. The van der Waals surface area contributed by atoms with Crippen LogP contribution < -0.4 is 10.6 Å². The molecule has 8 heteroatoms. The Kier molecular flexibility index (Phi) is 11.8. The Morgan fingerprint density at radius 3 is 1.54 bits per heavy atom. The monoisotopic (exact) mass is 720 g/mol. The predicted molar refractivity (Wildman–Crippen MR) is 217 cm³/mol. The smallest absolute Gasteiger partial charge is 0.330 e. The second-order valence-electron chi connectivity index (χ2n) is 13.9. The molecule has 6 aromatic rings. The second kappa shape index (κ2) is 17.4. The first-order valence-corrected chi connectivity index (χ1v) is 18.8. The van der Waals surface area contributed by atoms with Crippen molar-refractivity contribution in [2.24, 2.45) is 0 Å². The van der Waals surface area contributed by atoms with Gasteiger partial charge in [0.05, 0.1) is 14.2 Å². The van der Waals surface area contributed by atoms with Crippen molar-refractivity contribution in [1.82, 2.24) is 20.6 Å². The third kappa shape index (κ3) is 8.73. The summed E-state index contributed by atoms with van der Waals surface area (Å²) >= 11 is 0. The van der Waals surface area contributed by atoms with Crippen LogP contribution in [0.5, 0.6) is 0 Å². The van der Waals surface area contributed by atoms with E-state index in [2.05, 4.69) is 127 Å². The fourth-order valence-electron chi connectivity index (χ4n) is 7.81. The van der Waals surface area contributed by atoms with Gasteiger partial charge in [0.2, 0.25) is 0 Å². The molecule has 54 heavy (non-hydrogen) atoms. The molecule has 0 saturated carbocycles. The largest absolute Gasteiger partial charge is 0.466 e. The molecule has 0 amide bonds. The quantitative estimate of drug-likeness (QED) is 0.0748. The number of para-hydroxylation sites is 2. The van der Waals surface area contributed by atoms with E-state index in [1.54, 1.807) is 0 Å². The van der Waals surface area contributed by atoms with Crippen molar-refractivity contribution in [2.75, 3.05) is 27.3 Å². The van der Waals surface area contributed by atoms with E-state index >= 15 is 0 Å². The highest BCUT2D eigenvalue weighted by Gasteiger charge is 2.23. The van der Waals surface area contributed by atoms with E-state index in [0.29, 0.717) is 12.1 Å². The van der Waals surface area contributed by atoms with Crippen molar-refractivity contribution in [2.45, 2.75) is 50.6 Å². The first kappa shape index (κ1) is 36.6. The van der Waals surface area contributed by atoms with Crippen molar-refractivity contribution < 1.29 is 19.1 Å². The van der Waals surface area contributed by atoms with Crippen LogP contribution in [0.1, 0.15) is 69.4 Å². The molecule has 0 aliphatic heterocycles. The topological polar surface area (TPSA) is 108 Å². The Hall–Kier alpha value is -5.70. The summed E-state index contributed by atoms with van der Waals surface area (Å²) in [5.74, 6) is -0.653. The third-order valence-corrected chi connectivity index (χ3v) is 10.6. The molecule has 2 heterocycles. The van der Waals surface area contributed by atoms with Crippen LogP contribution in [-0.4, -0.2) is 49.2 Å². The van der Waals surface area contributed by atoms with Gasteiger partial charge in [-0.15, -0.1) is 0 Å². The molecule has 0 spiro atoms. The van der Waals surface area contributed by atoms with Gasteiger partial charge in [0.15, 0.2) is 0 Å². The number of nitrogens with one attached hydrogen (secondary N) is 4. The van der Waals surface area contributed by atoms with Gasteiger partial charge in [0.25, 0.3) is 0 Å². The van der Waals surface area contributed by atoms with Gasteiger partial charge in [-0.3, -0.25) is 0 Å². The molecule has 0 fully saturated rings. The van der Waals surface area contributed by atoms with Crippen LogP contribution in [0.25, 0.3) is 34.0 Å². The zero-order valence-electron chi connectivity index (χ0n) is 31.0. The maximum absolute atomic E-state index is 11.2. The van der Waals surface area contributed by atoms with Crippen molar-refractivity contribution in [3.05, 3.63) is 154 Å². The number of benzene rings is 4. The van der Waals surface area contributed by atoms with Gasteiger partial charge in [-0.05, 0) is 120 Å². The second-order valence-corrected chi connectivity index (χ2v) is 13.9. The highest BCUT2D eigenvalue weighted by Crippen LogP contribution is 2.33. The van der Waals surface area contributed by atoms with Crippen LogP contribution in [0.4, 0.5) is 0 Å². The van der Waals surface area contributed by atoms with Crippen LogP contribution >= 0.6 is 0 Å². The fourth-order valence-corrected chi connectivity index (χ4v) is 7.81. The van der Waals surface area contributed by atoms with Crippen LogP contribution in [-0.2, 0) is 44.7 Å². The van der Waals surface area contributed by atoms with E-state index in [1.807, 2.05) is 12.2 Å². The lowest BCUT2D eigenvalue weighted by Crippen LogP contribution is -2.21. The average molecular weight is 721 g/mol. The highest BCUT2D eigenvalue weighted by molar-refractivity contribution is 5.87. The van der Waals surface area contributed by atoms with Crippen LogP contribution in [0.3, 0.4) is 0 Å². The number of H-pyrrole nitrogens is 2. The molecule has 2 aliphatic carbocycles. The van der Waals surface area contributed by atoms with Crippen molar-refractivity contribution in [3.63, 3.8) is 0 Å². The zero-order valence-corrected chi connectivity index (χ0v) is 31.0. The molecule has 0 radical (unpaired) electrons. The van der Waals surface area contributed by atoms with Gasteiger partial charge in [-0.2, -0.15) is 0 Å². The standard InChI is InChI=1S/2C23H24N2O2/c2*1-27-23(26)11-7-16-6-9-20-17(14-16)8-10-22(20)24-13-12-18-15-25-21-5-3-2-4-19(18)21/h2*2-7,9,11,14-15,22,24-25H,8,10,12-13H2,1H3/b2*11-7+. The van der Waals surface area contributed by atoms with E-state index in [-0.39, 0.29) is 11.9 Å². The molecular formula is C46H48N4O4. The van der Waals surface area contributed by atoms with E-state index in [9.17, 15) is 9.59 Å². The Morgan fingerprint density at radius 2 is 1.09 bits per heavy atom. The Bertz CT molecular complexity index is 2140. The van der Waals surface area contributed by atoms with Crippen LogP contribution in [0.2, 0.25) is 0 Å². The molecular weight excluding hydrogens is 673 g/mol. The minimum atomic E-state index is -0.327. The number of hydrogen-bond acceptors (Lipinski definition) is 6. The summed E-state index contributed by atoms with van der Waals surface area (Å²) in [5.41, 5.74) is 12.7. The van der Waals surface area contributed by atoms with E-state index < -0.39 is 0 Å². The van der Waals surface area contributed by atoms with Gasteiger partial charge in [0, 0.05) is 58.4 Å². The summed E-state index contributed by atoms with van der Waals surface area (Å²) < 4.78 is 9.29. The number of carbonyl (C=O) groups excluding carboxylic acids is 2. The SMILES string of the molecule is COC(=O)/C=C/c1ccc2c(c1)CCC2NCCc1c[nH]c2ccccc12.COC(=O)/C=C/c1ccc2c(c1)CCC2NCCc1c[nH]c2ccccc12. The first-order valence-electron chi connectivity index (χ1n) is 18.8. The number of ether oxygens (including phenoxy) is 2. The number of esters is 2. The molecule has 2 atom stereocenters. The maximum atomic E-state index is 11.2. The lowest BCUT2D eigenvalue weighted by molar-refractivity contribution is -0.135. The summed E-state index contributed by atoms with van der Waals surface area (Å²) in [5, 5.41) is 10.1. The maximum Gasteiger partial charge on any atom is 0.330 e. The summed E-state index contributed by atoms with van der Waals surface area (Å²) in [7, 11) is 2.78. The van der Waals surface area contributed by atoms with Crippen molar-refractivity contribution >= 4 is 45.9 Å². The molecule has 4 aromatic carbocycles. The minimum Gasteiger partial charge on any atom is -0.466 e. The van der Waals surface area contributed by atoms with Crippen LogP contribution in [0, 0.1) is 0 Å². The number of carbonyl (C=O) groups is 2. The average Bonchev–Trinajstić information content (AvgIpc) is 4.02. The van der Waals surface area contributed by atoms with Gasteiger partial charge in [-0.25, -0.2) is 9.59 Å². The number of rotatable bonds is 12. The summed E-state index contributed by atoms with van der Waals surface area (Å²) in [6.07, 6.45) is 17.2. The summed E-state index contributed by atoms with van der Waals surface area (Å²) in [4.78, 5) is 29.2. The summed E-state index contributed by atoms with van der Waals surface area (Å²) in [6.45, 7) is 1.91. The van der Waals surface area contributed by atoms with Crippen molar-refractivity contribution in [1.29, 1.82) is 0 Å². The number of aryl methyl sites for hydroxylation is 2. The van der Waals surface area contributed by atoms with E-state index in [1.165, 1.54) is 81.6 Å². The molecule has 2 unspecified atom stereocenters. The molecule has 4 N–H and O–H groups in total. The number of methoxy groups -OCH3 is 2. The van der Waals surface area contributed by atoms with Crippen molar-refractivity contribution in [3.8, 4) is 0 Å². The van der Waals surface area contributed by atoms with Crippen LogP contribution in [0.15, 0.2) is 109 Å². The summed E-state index contributed by atoms with van der Waals surface area (Å²) in [6, 6.07) is 30.6. The number of aromatic amines is 2. The van der Waals surface area contributed by atoms with Gasteiger partial charge >= 0.3 is 11.9 Å². The Labute approximate surface area is 316 Å². The zero-order chi connectivity index (χ0) is 37.3. The molecule has 0 saturated heterocycles. The molecule has 0 bridgehead atoms.